The highest BCUT2D eigenvalue weighted by Gasteiger charge is 2.18. The van der Waals surface area contributed by atoms with Gasteiger partial charge in [-0.3, -0.25) is 4.79 Å². The maximum Gasteiger partial charge on any atom is 0.294 e. The number of Topliss-reactive ketones (excluding diaryl/α,β-unsaturated/α-hetero) is 1. The van der Waals surface area contributed by atoms with Crippen LogP contribution in [-0.2, 0) is 13.0 Å². The summed E-state index contributed by atoms with van der Waals surface area (Å²) >= 11 is 1.34. The van der Waals surface area contributed by atoms with Crippen LogP contribution in [0.4, 0.5) is 0 Å². The Hall–Kier alpha value is -5.03. The molecule has 0 amide bonds. The van der Waals surface area contributed by atoms with E-state index < -0.39 is 0 Å². The van der Waals surface area contributed by atoms with Crippen molar-refractivity contribution in [3.63, 3.8) is 0 Å². The number of fused-ring (bicyclic) bond motifs is 2. The van der Waals surface area contributed by atoms with E-state index in [4.69, 9.17) is 28.1 Å². The van der Waals surface area contributed by atoms with Crippen LogP contribution in [0.5, 0.6) is 28.2 Å². The summed E-state index contributed by atoms with van der Waals surface area (Å²) in [6, 6.07) is 18.5. The number of methoxy groups -OCH3 is 4. The van der Waals surface area contributed by atoms with Crippen LogP contribution in [0.1, 0.15) is 21.5 Å². The fourth-order valence-electron chi connectivity index (χ4n) is 4.63. The van der Waals surface area contributed by atoms with Crippen LogP contribution in [0, 0.1) is 0 Å². The van der Waals surface area contributed by atoms with E-state index in [9.17, 15) is 4.79 Å². The number of carbonyl (C=O) groups is 1. The molecular formula is C31H27N3O7S. The minimum Gasteiger partial charge on any atom is -0.497 e. The van der Waals surface area contributed by atoms with E-state index in [2.05, 4.69) is 10.1 Å². The van der Waals surface area contributed by atoms with Crippen molar-refractivity contribution < 1.29 is 32.9 Å². The van der Waals surface area contributed by atoms with Gasteiger partial charge in [0.2, 0.25) is 4.96 Å². The molecule has 0 radical (unpaired) electrons. The summed E-state index contributed by atoms with van der Waals surface area (Å²) in [4.78, 5) is 18.4. The molecule has 3 aromatic heterocycles. The van der Waals surface area contributed by atoms with Crippen LogP contribution < -0.4 is 23.7 Å². The monoisotopic (exact) mass is 585 g/mol. The van der Waals surface area contributed by atoms with Gasteiger partial charge in [0, 0.05) is 24.6 Å². The van der Waals surface area contributed by atoms with Gasteiger partial charge in [-0.2, -0.15) is 0 Å². The SMILES string of the molecule is COc1ccc(C(=O)Cc2cccc(COc3cc(OC)cc4oc(-c5cn6nc(OC)sc6n5)cc34)c2)c(OC)c1. The number of ketones is 1. The Kier molecular flexibility index (Phi) is 7.41. The lowest BCUT2D eigenvalue weighted by Gasteiger charge is -2.11. The molecule has 10 nitrogen and oxygen atoms in total. The number of aromatic nitrogens is 3. The normalized spacial score (nSPS) is 11.1. The first-order valence-electron chi connectivity index (χ1n) is 13.0. The number of rotatable bonds is 11. The van der Waals surface area contributed by atoms with E-state index in [0.717, 1.165) is 16.5 Å². The minimum atomic E-state index is -0.0548. The number of hydrogen-bond acceptors (Lipinski definition) is 10. The van der Waals surface area contributed by atoms with Crippen molar-refractivity contribution in [2.75, 3.05) is 28.4 Å². The topological polar surface area (TPSA) is 107 Å². The first-order chi connectivity index (χ1) is 20.5. The number of benzene rings is 3. The summed E-state index contributed by atoms with van der Waals surface area (Å²) in [6.45, 7) is 0.278. The molecule has 0 bridgehead atoms. The average molecular weight is 586 g/mol. The molecule has 3 heterocycles. The van der Waals surface area contributed by atoms with Crippen molar-refractivity contribution in [3.8, 4) is 39.6 Å². The number of nitrogens with zero attached hydrogens (tertiary/aromatic N) is 3. The van der Waals surface area contributed by atoms with Crippen LogP contribution >= 0.6 is 11.3 Å². The van der Waals surface area contributed by atoms with Crippen molar-refractivity contribution in [1.29, 1.82) is 0 Å². The maximum atomic E-state index is 13.1. The third kappa shape index (κ3) is 5.34. The number of ether oxygens (including phenoxy) is 5. The van der Waals surface area contributed by atoms with Crippen LogP contribution in [0.25, 0.3) is 27.4 Å². The Morgan fingerprint density at radius 3 is 2.45 bits per heavy atom. The third-order valence-corrected chi connectivity index (χ3v) is 7.60. The molecule has 0 aliphatic rings. The van der Waals surface area contributed by atoms with Gasteiger partial charge < -0.3 is 28.1 Å². The van der Waals surface area contributed by atoms with Gasteiger partial charge in [0.05, 0.1) is 45.6 Å². The second-order valence-electron chi connectivity index (χ2n) is 9.35. The molecule has 0 spiro atoms. The Morgan fingerprint density at radius 1 is 0.881 bits per heavy atom. The highest BCUT2D eigenvalue weighted by Crippen LogP contribution is 2.37. The van der Waals surface area contributed by atoms with E-state index in [0.29, 0.717) is 55.8 Å². The molecule has 3 aromatic carbocycles. The van der Waals surface area contributed by atoms with Crippen molar-refractivity contribution in [2.24, 2.45) is 0 Å². The molecule has 0 N–H and O–H groups in total. The van der Waals surface area contributed by atoms with Gasteiger partial charge in [0.1, 0.15) is 40.9 Å². The zero-order valence-corrected chi connectivity index (χ0v) is 24.2. The van der Waals surface area contributed by atoms with E-state index in [1.807, 2.05) is 42.5 Å². The molecule has 42 heavy (non-hydrogen) atoms. The van der Waals surface area contributed by atoms with Gasteiger partial charge in [-0.1, -0.05) is 24.3 Å². The Balaban J connectivity index is 1.22. The van der Waals surface area contributed by atoms with E-state index in [1.54, 1.807) is 50.2 Å². The molecule has 6 aromatic rings. The highest BCUT2D eigenvalue weighted by atomic mass is 32.1. The predicted molar refractivity (Wildman–Crippen MR) is 158 cm³/mol. The predicted octanol–water partition coefficient (Wildman–Crippen LogP) is 6.24. The number of imidazole rings is 1. The summed E-state index contributed by atoms with van der Waals surface area (Å²) in [5, 5.41) is 5.64. The lowest BCUT2D eigenvalue weighted by Crippen LogP contribution is -2.07. The van der Waals surface area contributed by atoms with Crippen LogP contribution in [0.2, 0.25) is 0 Å². The first kappa shape index (κ1) is 27.2. The van der Waals surface area contributed by atoms with Crippen molar-refractivity contribution >= 4 is 33.1 Å². The molecule has 0 saturated carbocycles. The zero-order chi connectivity index (χ0) is 29.2. The minimum absolute atomic E-state index is 0.0548. The van der Waals surface area contributed by atoms with Crippen molar-refractivity contribution in [1.82, 2.24) is 14.6 Å². The quantitative estimate of drug-likeness (QED) is 0.163. The number of carbonyl (C=O) groups excluding carboxylic acids is 1. The van der Waals surface area contributed by atoms with E-state index in [1.165, 1.54) is 18.4 Å². The van der Waals surface area contributed by atoms with Crippen LogP contribution in [0.15, 0.2) is 71.3 Å². The highest BCUT2D eigenvalue weighted by molar-refractivity contribution is 7.18. The second kappa shape index (κ2) is 11.5. The molecule has 0 unspecified atom stereocenters. The maximum absolute atomic E-state index is 13.1. The van der Waals surface area contributed by atoms with Gasteiger partial charge in [-0.25, -0.2) is 9.50 Å². The molecule has 0 aliphatic heterocycles. The van der Waals surface area contributed by atoms with Gasteiger partial charge in [0.25, 0.3) is 5.19 Å². The molecular weight excluding hydrogens is 558 g/mol. The molecule has 0 saturated heterocycles. The molecule has 0 fully saturated rings. The Morgan fingerprint density at radius 2 is 1.69 bits per heavy atom. The fraction of sp³-hybridized carbons (Fsp3) is 0.194. The third-order valence-electron chi connectivity index (χ3n) is 6.72. The van der Waals surface area contributed by atoms with Gasteiger partial charge in [-0.05, 0) is 40.7 Å². The van der Waals surface area contributed by atoms with Crippen LogP contribution in [-0.4, -0.2) is 48.8 Å². The lowest BCUT2D eigenvalue weighted by molar-refractivity contribution is 0.0990. The molecule has 0 atom stereocenters. The summed E-state index contributed by atoms with van der Waals surface area (Å²) < 4.78 is 35.4. The molecule has 0 aliphatic carbocycles. The van der Waals surface area contributed by atoms with Crippen LogP contribution in [0.3, 0.4) is 0 Å². The second-order valence-corrected chi connectivity index (χ2v) is 10.3. The molecule has 11 heteroatoms. The van der Waals surface area contributed by atoms with E-state index >= 15 is 0 Å². The summed E-state index contributed by atoms with van der Waals surface area (Å²) in [5.41, 5.74) is 3.53. The number of hydrogen-bond donors (Lipinski definition) is 0. The van der Waals surface area contributed by atoms with Gasteiger partial charge in [-0.15, -0.1) is 5.10 Å². The zero-order valence-electron chi connectivity index (χ0n) is 23.4. The van der Waals surface area contributed by atoms with Crippen molar-refractivity contribution in [3.05, 3.63) is 83.6 Å². The first-order valence-corrected chi connectivity index (χ1v) is 13.8. The summed E-state index contributed by atoms with van der Waals surface area (Å²) in [6.07, 6.45) is 2.01. The van der Waals surface area contributed by atoms with Crippen molar-refractivity contribution in [2.45, 2.75) is 13.0 Å². The lowest BCUT2D eigenvalue weighted by atomic mass is 10.0. The smallest absolute Gasteiger partial charge is 0.294 e. The Labute approximate surface area is 245 Å². The fourth-order valence-corrected chi connectivity index (χ4v) is 5.33. The van der Waals surface area contributed by atoms with Gasteiger partial charge in [0.15, 0.2) is 11.5 Å². The number of furan rings is 1. The average Bonchev–Trinajstić information content (AvgIpc) is 3.73. The van der Waals surface area contributed by atoms with E-state index in [-0.39, 0.29) is 18.8 Å². The standard InChI is InChI=1S/C31H27N3O7S/c1-36-20-8-9-22(26(12-20)38-3)25(35)11-18-6-5-7-19(10-18)17-40-27-13-21(37-2)14-28-23(27)15-29(41-28)24-16-34-30(32-24)42-31(33-34)39-4/h5-10,12-16H,11,17H2,1-4H3. The summed E-state index contributed by atoms with van der Waals surface area (Å²) in [5.74, 6) is 2.83. The summed E-state index contributed by atoms with van der Waals surface area (Å²) in [7, 11) is 6.27. The largest absolute Gasteiger partial charge is 0.497 e. The van der Waals surface area contributed by atoms with Gasteiger partial charge >= 0.3 is 0 Å². The molecule has 214 valence electrons. The molecule has 6 rings (SSSR count). The Bertz CT molecular complexity index is 1870.